The summed E-state index contributed by atoms with van der Waals surface area (Å²) in [6, 6.07) is 11.2. The fourth-order valence-corrected chi connectivity index (χ4v) is 8.68. The molecule has 3 aliphatic rings. The number of hydroxylamine groups is 6. The Hall–Kier alpha value is -7.96. The third-order valence-electron chi connectivity index (χ3n) is 8.77. The van der Waals surface area contributed by atoms with Gasteiger partial charge in [0.05, 0.1) is 15.5 Å². The minimum atomic E-state index is -5.00. The van der Waals surface area contributed by atoms with Gasteiger partial charge in [0.15, 0.2) is 0 Å². The van der Waals surface area contributed by atoms with E-state index in [9.17, 15) is 81.1 Å². The monoisotopic (exact) mass is 1160 g/mol. The summed E-state index contributed by atoms with van der Waals surface area (Å²) in [7, 11) is -25.3. The Labute approximate surface area is 415 Å². The first-order valence-corrected chi connectivity index (χ1v) is 26.5. The minimum Gasteiger partial charge on any atom is -0.398 e. The van der Waals surface area contributed by atoms with Gasteiger partial charge in [0.1, 0.15) is 9.79 Å². The molecule has 400 valence electrons. The normalized spacial score (nSPS) is 14.6. The number of amides is 7. The molecule has 3 fully saturated rings. The molecule has 7 amide bonds. The molecule has 3 aliphatic heterocycles. The topological polar surface area (TPSA) is 532 Å². The van der Waals surface area contributed by atoms with Gasteiger partial charge >= 0.3 is 33.5 Å². The molecule has 0 bridgehead atoms. The molecule has 7 rings (SSSR count). The number of imide groups is 3. The molecule has 40 heteroatoms. The molecule has 4 aromatic carbocycles. The second-order valence-electron chi connectivity index (χ2n) is 13.7. The van der Waals surface area contributed by atoms with E-state index in [1.54, 1.807) is 0 Å². The highest BCUT2D eigenvalue weighted by Gasteiger charge is 2.38. The highest BCUT2D eigenvalue weighted by atomic mass is 32.2. The van der Waals surface area contributed by atoms with Gasteiger partial charge in [-0.1, -0.05) is 34.4 Å². The Morgan fingerprint density at radius 3 is 1.14 bits per heavy atom. The quantitative estimate of drug-likeness (QED) is 0.0709. The summed E-state index contributed by atoms with van der Waals surface area (Å²) in [5, 5.41) is 2.71. The number of carbonyl (C=O) groups excluding carboxylic acids is 8. The molecule has 3 saturated heterocycles. The van der Waals surface area contributed by atoms with Crippen molar-refractivity contribution in [3.05, 3.63) is 60.7 Å². The molecule has 0 spiro atoms. The van der Waals surface area contributed by atoms with Gasteiger partial charge in [-0.3, -0.25) is 62.0 Å². The van der Waals surface area contributed by atoms with Crippen LogP contribution in [0.4, 0.5) is 21.0 Å². The van der Waals surface area contributed by atoms with Gasteiger partial charge in [-0.25, -0.2) is 4.79 Å². The van der Waals surface area contributed by atoms with Crippen LogP contribution in [-0.2, 0) is 105 Å². The van der Waals surface area contributed by atoms with Crippen LogP contribution in [0.2, 0.25) is 0 Å². The van der Waals surface area contributed by atoms with Crippen molar-refractivity contribution in [1.29, 1.82) is 0 Å². The molecule has 0 atom stereocenters. The molecule has 0 radical (unpaired) electrons. The number of hydrogen-bond donors (Lipinski definition) is 6. The summed E-state index contributed by atoms with van der Waals surface area (Å²) in [4.78, 5) is 101. The number of carbonyl (C=O) groups is 8. The van der Waals surface area contributed by atoms with E-state index in [2.05, 4.69) is 19.8 Å². The van der Waals surface area contributed by atoms with Crippen LogP contribution in [0.15, 0.2) is 80.2 Å². The second-order valence-corrected chi connectivity index (χ2v) is 20.1. The number of rotatable bonds is 8. The Balaban J connectivity index is 0.000000281. The van der Waals surface area contributed by atoms with Gasteiger partial charge in [0.2, 0.25) is 0 Å². The number of nitrogens with zero attached hydrogens (tertiary/aromatic N) is 3. The van der Waals surface area contributed by atoms with Crippen LogP contribution < -0.4 is 11.1 Å². The summed E-state index contributed by atoms with van der Waals surface area (Å²) in [6.07, 6.45) is -3.30. The molecule has 34 nitrogen and oxygen atoms in total. The Morgan fingerprint density at radius 1 is 0.486 bits per heavy atom. The lowest BCUT2D eigenvalue weighted by molar-refractivity contribution is -0.198. The SMILES string of the molecule is Nc1cccc2cc(S(=O)(=O)O)cc(S(=O)(=O)O)c12.O=C(Nc1cccc2cc(S(=O)(=O)O)cc(S(=O)(=O)O)c12)ON1C(=O)CCC1=O.O=C(ON1C(=O)CCC1=O)ON1C(=O)CCC1=O.O=S(=O)=O.O=S(=O)=O. The van der Waals surface area contributed by atoms with Crippen LogP contribution in [0.1, 0.15) is 38.5 Å². The number of fused-ring (bicyclic) bond motifs is 2. The van der Waals surface area contributed by atoms with Crippen molar-refractivity contribution in [3.8, 4) is 0 Å². The lowest BCUT2D eigenvalue weighted by Crippen LogP contribution is -2.37. The first-order valence-electron chi connectivity index (χ1n) is 18.7. The zero-order valence-electron chi connectivity index (χ0n) is 35.9. The third-order valence-corrected chi connectivity index (χ3v) is 12.2. The van der Waals surface area contributed by atoms with Gasteiger partial charge in [-0.15, -0.1) is 30.3 Å². The molecule has 0 saturated carbocycles. The van der Waals surface area contributed by atoms with Gasteiger partial charge in [-0.2, -0.15) is 38.5 Å². The molecular weight excluding hydrogens is 1130 g/mol. The number of nitrogens with one attached hydrogen (secondary N) is 1. The predicted molar refractivity (Wildman–Crippen MR) is 232 cm³/mol. The molecule has 74 heavy (non-hydrogen) atoms. The first-order chi connectivity index (χ1) is 33.9. The Morgan fingerprint density at radius 2 is 0.797 bits per heavy atom. The molecule has 0 aromatic heterocycles. The van der Waals surface area contributed by atoms with Gasteiger partial charge in [0, 0.05) is 55.0 Å². The van der Waals surface area contributed by atoms with Crippen molar-refractivity contribution in [1.82, 2.24) is 15.2 Å². The van der Waals surface area contributed by atoms with Crippen molar-refractivity contribution in [2.75, 3.05) is 11.1 Å². The summed E-state index contributed by atoms with van der Waals surface area (Å²) >= 11 is 0. The van der Waals surface area contributed by atoms with Gasteiger partial charge in [0.25, 0.3) is 75.9 Å². The van der Waals surface area contributed by atoms with Crippen molar-refractivity contribution in [2.45, 2.75) is 58.1 Å². The Bertz CT molecular complexity index is 3610. The maximum absolute atomic E-state index is 12.1. The average Bonchev–Trinajstić information content (AvgIpc) is 3.87. The summed E-state index contributed by atoms with van der Waals surface area (Å²) < 4.78 is 179. The van der Waals surface area contributed by atoms with Crippen molar-refractivity contribution < 1.29 is 130 Å². The van der Waals surface area contributed by atoms with Gasteiger partial charge < -0.3 is 10.6 Å². The second kappa shape index (κ2) is 24.2. The number of hydrogen-bond acceptors (Lipinski definition) is 26. The molecule has 0 unspecified atom stereocenters. The average molecular weight is 1160 g/mol. The van der Waals surface area contributed by atoms with Crippen LogP contribution >= 0.6 is 0 Å². The largest absolute Gasteiger partial charge is 0.560 e. The van der Waals surface area contributed by atoms with E-state index < -0.39 is 129 Å². The van der Waals surface area contributed by atoms with Crippen LogP contribution in [0, 0.1) is 0 Å². The molecule has 0 aliphatic carbocycles. The van der Waals surface area contributed by atoms with Gasteiger partial charge in [-0.05, 0) is 47.2 Å². The van der Waals surface area contributed by atoms with E-state index >= 15 is 0 Å². The molecular formula is C34H29N5O29S6. The van der Waals surface area contributed by atoms with E-state index in [0.29, 0.717) is 12.1 Å². The highest BCUT2D eigenvalue weighted by Crippen LogP contribution is 2.34. The number of nitrogens with two attached hydrogens (primary N) is 1. The zero-order valence-corrected chi connectivity index (χ0v) is 40.8. The fourth-order valence-electron chi connectivity index (χ4n) is 5.92. The highest BCUT2D eigenvalue weighted by molar-refractivity contribution is 7.87. The maximum atomic E-state index is 12.1. The van der Waals surface area contributed by atoms with E-state index in [4.69, 9.17) is 40.1 Å². The third kappa shape index (κ3) is 16.8. The maximum Gasteiger partial charge on any atom is 0.560 e. The summed E-state index contributed by atoms with van der Waals surface area (Å²) in [6.45, 7) is 0. The number of benzene rings is 4. The van der Waals surface area contributed by atoms with Crippen molar-refractivity contribution in [3.63, 3.8) is 0 Å². The molecule has 3 heterocycles. The first kappa shape index (κ1) is 60.3. The number of nitrogen functional groups attached to an aromatic ring is 1. The van der Waals surface area contributed by atoms with E-state index in [-0.39, 0.29) is 86.6 Å². The smallest absolute Gasteiger partial charge is 0.398 e. The lowest BCUT2D eigenvalue weighted by Gasteiger charge is -2.15. The summed E-state index contributed by atoms with van der Waals surface area (Å²) in [5.41, 5.74) is 5.45. The van der Waals surface area contributed by atoms with E-state index in [1.165, 1.54) is 36.4 Å². The Kier molecular flexibility index (Phi) is 19.7. The zero-order chi connectivity index (χ0) is 56.4. The van der Waals surface area contributed by atoms with Crippen LogP contribution in [0.5, 0.6) is 0 Å². The fraction of sp³-hybridized carbons (Fsp3) is 0.176. The predicted octanol–water partition coefficient (Wildman–Crippen LogP) is -0.879. The molecule has 4 aromatic rings. The lowest BCUT2D eigenvalue weighted by atomic mass is 10.1. The van der Waals surface area contributed by atoms with Crippen molar-refractivity contribution in [2.24, 2.45) is 0 Å². The van der Waals surface area contributed by atoms with E-state index in [1.807, 2.05) is 0 Å². The van der Waals surface area contributed by atoms with Crippen LogP contribution in [0.3, 0.4) is 0 Å². The van der Waals surface area contributed by atoms with Crippen LogP contribution in [0.25, 0.3) is 21.5 Å². The standard InChI is InChI=1S/C15H12N2O10S2.C10H9NO6S2.C9H8N2O7.2O3S/c18-12-4-5-13(19)17(12)27-15(20)16-10-3-1-2-8-6-9(28(21,22)23)7-11(14(8)10)29(24,25)26;11-8-3-1-2-6-4-7(18(12,13)14)5-9(10(6)8)19(15,16)17;12-5-1-2-6(13)10(5)17-9(16)18-11-7(14)3-4-8(11)15;2*1-4(2)3/h1-3,6-7H,4-5H2,(H,16,20)(H,21,22,23)(H,24,25,26);1-5H,11H2,(H,12,13,14)(H,15,16,17);1-4H2;;. The molecule has 7 N–H and O–H groups in total. The number of anilines is 2. The van der Waals surface area contributed by atoms with Crippen LogP contribution in [-0.4, -0.2) is 140 Å². The van der Waals surface area contributed by atoms with Crippen molar-refractivity contribution >= 4 is 142 Å². The summed E-state index contributed by atoms with van der Waals surface area (Å²) in [5.74, 6) is -4.21. The minimum absolute atomic E-state index is 0.00241. The van der Waals surface area contributed by atoms with E-state index in [0.717, 1.165) is 12.1 Å².